The Morgan fingerprint density at radius 2 is 1.97 bits per heavy atom. The van der Waals surface area contributed by atoms with Crippen LogP contribution in [0.25, 0.3) is 0 Å². The minimum absolute atomic E-state index is 0.256. The molecule has 1 unspecified atom stereocenters. The average Bonchev–Trinajstić information content (AvgIpc) is 3.19. The van der Waals surface area contributed by atoms with Gasteiger partial charge in [0.05, 0.1) is 6.04 Å². The van der Waals surface area contributed by atoms with Crippen molar-refractivity contribution in [2.45, 2.75) is 45.4 Å². The van der Waals surface area contributed by atoms with Crippen molar-refractivity contribution in [3.05, 3.63) is 54.4 Å². The van der Waals surface area contributed by atoms with Crippen molar-refractivity contribution in [2.24, 2.45) is 4.99 Å². The highest BCUT2D eigenvalue weighted by Crippen LogP contribution is 2.14. The number of aliphatic imine (C=N–C) groups is 1. The molecule has 8 nitrogen and oxygen atoms in total. The third-order valence-electron chi connectivity index (χ3n) is 4.01. The van der Waals surface area contributed by atoms with E-state index < -0.39 is 11.7 Å². The van der Waals surface area contributed by atoms with E-state index in [1.807, 2.05) is 68.0 Å². The number of aromatic nitrogens is 2. The van der Waals surface area contributed by atoms with Crippen LogP contribution in [0.2, 0.25) is 0 Å². The second kappa shape index (κ2) is 11.1. The van der Waals surface area contributed by atoms with E-state index in [1.165, 1.54) is 0 Å². The summed E-state index contributed by atoms with van der Waals surface area (Å²) in [5.41, 5.74) is 0.435. The average molecular weight is 401 g/mol. The SMILES string of the molecule is CN=C(NCCCn1cccn1)NCC(NC(=O)OC(C)(C)C)c1ccccc1. The molecule has 0 aliphatic rings. The van der Waals surface area contributed by atoms with Gasteiger partial charge in [0.1, 0.15) is 5.60 Å². The van der Waals surface area contributed by atoms with Crippen LogP contribution in [0.5, 0.6) is 0 Å². The minimum Gasteiger partial charge on any atom is -0.444 e. The molecule has 29 heavy (non-hydrogen) atoms. The maximum atomic E-state index is 12.3. The molecule has 0 saturated carbocycles. The molecule has 0 radical (unpaired) electrons. The largest absolute Gasteiger partial charge is 0.444 e. The summed E-state index contributed by atoms with van der Waals surface area (Å²) < 4.78 is 7.30. The van der Waals surface area contributed by atoms with Crippen molar-refractivity contribution in [1.82, 2.24) is 25.7 Å². The zero-order valence-corrected chi connectivity index (χ0v) is 17.7. The maximum Gasteiger partial charge on any atom is 0.408 e. The highest BCUT2D eigenvalue weighted by molar-refractivity contribution is 5.79. The standard InChI is InChI=1S/C21H32N6O2/c1-21(2,3)29-20(28)26-18(17-10-6-5-7-11-17)16-24-19(22-4)23-12-8-14-27-15-9-13-25-27/h5-7,9-11,13,15,18H,8,12,14,16H2,1-4H3,(H,26,28)(H2,22,23,24). The van der Waals surface area contributed by atoms with Gasteiger partial charge in [-0.3, -0.25) is 9.67 Å². The van der Waals surface area contributed by atoms with Gasteiger partial charge in [-0.05, 0) is 38.8 Å². The van der Waals surface area contributed by atoms with Crippen molar-refractivity contribution < 1.29 is 9.53 Å². The number of nitrogens with one attached hydrogen (secondary N) is 3. The number of hydrogen-bond donors (Lipinski definition) is 3. The number of hydrogen-bond acceptors (Lipinski definition) is 4. The lowest BCUT2D eigenvalue weighted by Gasteiger charge is -2.24. The Labute approximate surface area is 172 Å². The smallest absolute Gasteiger partial charge is 0.408 e. The summed E-state index contributed by atoms with van der Waals surface area (Å²) in [4.78, 5) is 16.5. The van der Waals surface area contributed by atoms with E-state index in [-0.39, 0.29) is 6.04 Å². The highest BCUT2D eigenvalue weighted by Gasteiger charge is 2.20. The molecule has 1 aromatic carbocycles. The first-order valence-corrected chi connectivity index (χ1v) is 9.84. The number of benzene rings is 1. The molecular weight excluding hydrogens is 368 g/mol. The van der Waals surface area contributed by atoms with Crippen molar-refractivity contribution in [2.75, 3.05) is 20.1 Å². The zero-order valence-electron chi connectivity index (χ0n) is 17.7. The van der Waals surface area contributed by atoms with Gasteiger partial charge in [0.25, 0.3) is 0 Å². The number of carbonyl (C=O) groups excluding carboxylic acids is 1. The lowest BCUT2D eigenvalue weighted by atomic mass is 10.1. The van der Waals surface area contributed by atoms with Crippen LogP contribution in [0, 0.1) is 0 Å². The van der Waals surface area contributed by atoms with Gasteiger partial charge >= 0.3 is 6.09 Å². The monoisotopic (exact) mass is 400 g/mol. The molecule has 1 atom stereocenters. The van der Waals surface area contributed by atoms with E-state index in [9.17, 15) is 4.79 Å². The molecule has 1 amide bonds. The van der Waals surface area contributed by atoms with Gasteiger partial charge in [-0.25, -0.2) is 4.79 Å². The van der Waals surface area contributed by atoms with Crippen molar-refractivity contribution >= 4 is 12.1 Å². The summed E-state index contributed by atoms with van der Waals surface area (Å²) in [6.07, 6.45) is 4.19. The Kier molecular flexibility index (Phi) is 8.51. The predicted octanol–water partition coefficient (Wildman–Crippen LogP) is 2.70. The Morgan fingerprint density at radius 1 is 1.21 bits per heavy atom. The maximum absolute atomic E-state index is 12.3. The quantitative estimate of drug-likeness (QED) is 0.360. The van der Waals surface area contributed by atoms with Gasteiger partial charge in [0, 0.05) is 39.1 Å². The predicted molar refractivity (Wildman–Crippen MR) is 115 cm³/mol. The summed E-state index contributed by atoms with van der Waals surface area (Å²) in [6.45, 7) is 7.60. The molecule has 0 bridgehead atoms. The van der Waals surface area contributed by atoms with E-state index in [2.05, 4.69) is 26.0 Å². The van der Waals surface area contributed by atoms with Gasteiger partial charge in [0.15, 0.2) is 5.96 Å². The molecule has 0 fully saturated rings. The van der Waals surface area contributed by atoms with E-state index in [1.54, 1.807) is 13.2 Å². The number of carbonyl (C=O) groups is 1. The third-order valence-corrected chi connectivity index (χ3v) is 4.01. The lowest BCUT2D eigenvalue weighted by Crippen LogP contribution is -2.44. The fraction of sp³-hybridized carbons (Fsp3) is 0.476. The normalized spacial score (nSPS) is 12.9. The fourth-order valence-corrected chi connectivity index (χ4v) is 2.69. The lowest BCUT2D eigenvalue weighted by molar-refractivity contribution is 0.0504. The fourth-order valence-electron chi connectivity index (χ4n) is 2.69. The van der Waals surface area contributed by atoms with Crippen LogP contribution in [0.3, 0.4) is 0 Å². The number of guanidine groups is 1. The summed E-state index contributed by atoms with van der Waals surface area (Å²) in [6, 6.07) is 11.4. The van der Waals surface area contributed by atoms with Crippen molar-refractivity contribution in [3.8, 4) is 0 Å². The number of aryl methyl sites for hydroxylation is 1. The van der Waals surface area contributed by atoms with Gasteiger partial charge in [-0.2, -0.15) is 5.10 Å². The first kappa shape index (κ1) is 22.3. The van der Waals surface area contributed by atoms with E-state index >= 15 is 0 Å². The minimum atomic E-state index is -0.551. The van der Waals surface area contributed by atoms with E-state index in [0.29, 0.717) is 12.5 Å². The van der Waals surface area contributed by atoms with Gasteiger partial charge in [-0.1, -0.05) is 30.3 Å². The Morgan fingerprint density at radius 3 is 2.59 bits per heavy atom. The van der Waals surface area contributed by atoms with Crippen LogP contribution < -0.4 is 16.0 Å². The first-order chi connectivity index (χ1) is 13.9. The molecule has 0 aliphatic carbocycles. The van der Waals surface area contributed by atoms with Crippen LogP contribution in [0.4, 0.5) is 4.79 Å². The number of amides is 1. The van der Waals surface area contributed by atoms with Crippen LogP contribution in [0.15, 0.2) is 53.8 Å². The van der Waals surface area contributed by atoms with Crippen LogP contribution in [0.1, 0.15) is 38.8 Å². The molecule has 0 saturated heterocycles. The molecule has 2 rings (SSSR count). The van der Waals surface area contributed by atoms with Crippen LogP contribution in [-0.4, -0.2) is 47.6 Å². The summed E-state index contributed by atoms with van der Waals surface area (Å²) >= 11 is 0. The first-order valence-electron chi connectivity index (χ1n) is 9.84. The number of ether oxygens (including phenoxy) is 1. The van der Waals surface area contributed by atoms with Crippen LogP contribution >= 0.6 is 0 Å². The molecule has 1 heterocycles. The van der Waals surface area contributed by atoms with Crippen molar-refractivity contribution in [1.29, 1.82) is 0 Å². The van der Waals surface area contributed by atoms with Crippen LogP contribution in [-0.2, 0) is 11.3 Å². The Hall–Kier alpha value is -3.03. The Bertz CT molecular complexity index is 753. The third kappa shape index (κ3) is 8.68. The number of nitrogens with zero attached hydrogens (tertiary/aromatic N) is 3. The van der Waals surface area contributed by atoms with Gasteiger partial charge in [-0.15, -0.1) is 0 Å². The summed E-state index contributed by atoms with van der Waals surface area (Å²) in [7, 11) is 1.72. The molecule has 8 heteroatoms. The second-order valence-corrected chi connectivity index (χ2v) is 7.61. The summed E-state index contributed by atoms with van der Waals surface area (Å²) in [5, 5.41) is 13.7. The molecule has 0 aliphatic heterocycles. The van der Waals surface area contributed by atoms with E-state index in [4.69, 9.17) is 4.74 Å². The summed E-state index contributed by atoms with van der Waals surface area (Å²) in [5.74, 6) is 0.678. The highest BCUT2D eigenvalue weighted by atomic mass is 16.6. The number of alkyl carbamates (subject to hydrolysis) is 1. The van der Waals surface area contributed by atoms with Crippen molar-refractivity contribution in [3.63, 3.8) is 0 Å². The molecule has 158 valence electrons. The molecule has 1 aromatic heterocycles. The van der Waals surface area contributed by atoms with E-state index in [0.717, 1.165) is 25.1 Å². The van der Waals surface area contributed by atoms with Gasteiger partial charge in [0.2, 0.25) is 0 Å². The number of rotatable bonds is 8. The Balaban J connectivity index is 1.87. The second-order valence-electron chi connectivity index (χ2n) is 7.61. The zero-order chi connectivity index (χ0) is 21.1. The molecule has 3 N–H and O–H groups in total. The van der Waals surface area contributed by atoms with Gasteiger partial charge < -0.3 is 20.7 Å². The molecule has 2 aromatic rings. The topological polar surface area (TPSA) is 92.6 Å². The molecule has 0 spiro atoms. The molecular formula is C21H32N6O2.